The molecule has 5 atom stereocenters. The van der Waals surface area contributed by atoms with Gasteiger partial charge in [0.1, 0.15) is 18.7 Å². The van der Waals surface area contributed by atoms with Crippen LogP contribution in [-0.2, 0) is 36.8 Å². The highest BCUT2D eigenvalue weighted by molar-refractivity contribution is 6.38. The van der Waals surface area contributed by atoms with Gasteiger partial charge < -0.3 is 36.2 Å². The Morgan fingerprint density at radius 3 is 2.20 bits per heavy atom. The molecular weight excluding hydrogens is 640 g/mol. The van der Waals surface area contributed by atoms with Gasteiger partial charge in [-0.05, 0) is 60.0 Å². The predicted octanol–water partition coefficient (Wildman–Crippen LogP) is 2.87. The maximum Gasteiger partial charge on any atom is 0.406 e. The van der Waals surface area contributed by atoms with E-state index >= 15 is 0 Å². The molecule has 276 valence electrons. The monoisotopic (exact) mass is 696 g/mol. The van der Waals surface area contributed by atoms with Crippen LogP contribution >= 0.6 is 0 Å². The third-order valence-corrected chi connectivity index (χ3v) is 9.74. The van der Waals surface area contributed by atoms with Gasteiger partial charge in [0.05, 0.1) is 12.1 Å². The average Bonchev–Trinajstić information content (AvgIpc) is 3.71. The van der Waals surface area contributed by atoms with Gasteiger partial charge in [0.25, 0.3) is 5.91 Å². The minimum atomic E-state index is -1.06. The number of fused-ring (bicyclic) bond motifs is 1. The first kappa shape index (κ1) is 40.0. The zero-order valence-electron chi connectivity index (χ0n) is 30.6. The van der Waals surface area contributed by atoms with E-state index in [1.54, 1.807) is 0 Å². The molecule has 0 aromatic heterocycles. The molecule has 0 bridgehead atoms. The highest BCUT2D eigenvalue weighted by Crippen LogP contribution is 2.35. The molecule has 3 unspecified atom stereocenters. The van der Waals surface area contributed by atoms with E-state index in [4.69, 9.17) is 4.74 Å². The summed E-state index contributed by atoms with van der Waals surface area (Å²) >= 11 is 0. The zero-order chi connectivity index (χ0) is 37.2. The smallest absolute Gasteiger partial charge is 0.406 e. The zero-order valence-corrected chi connectivity index (χ0v) is 30.6. The molecule has 13 heteroatoms. The number of alkyl carbamates (subject to hydrolysis) is 1. The summed E-state index contributed by atoms with van der Waals surface area (Å²) in [7, 11) is 1.45. The van der Waals surface area contributed by atoms with Crippen molar-refractivity contribution >= 4 is 35.6 Å². The standard InChI is InChI=1S/C37H56N6O7/c1-9-13-27(31(44)33(46)39-17-10-2)40-32(45)30-26(22(3)4)16-18-43(30)34(47)29(25-19-23-14-11-12-15-24(23)20-25)42-35(48)41-28(37(5,6)7)21-50-36(49)38-8/h10-12,14-15,22,25-30H,2,9,13,16-21H2,1,3-8H3,(H,38,49)(H,39,46)(H,40,45)(H2,41,42,48)/t26-,27?,28-,29?,30?/m1/s1. The van der Waals surface area contributed by atoms with E-state index in [-0.39, 0.29) is 43.9 Å². The number of benzene rings is 1. The van der Waals surface area contributed by atoms with E-state index in [1.165, 1.54) is 18.0 Å². The van der Waals surface area contributed by atoms with Gasteiger partial charge >= 0.3 is 12.1 Å². The van der Waals surface area contributed by atoms with Gasteiger partial charge in [-0.3, -0.25) is 19.2 Å². The Balaban J connectivity index is 1.91. The average molecular weight is 697 g/mol. The van der Waals surface area contributed by atoms with Crippen molar-refractivity contribution in [1.29, 1.82) is 0 Å². The van der Waals surface area contributed by atoms with Crippen molar-refractivity contribution in [2.75, 3.05) is 26.7 Å². The lowest BCUT2D eigenvalue weighted by Gasteiger charge is -2.35. The summed E-state index contributed by atoms with van der Waals surface area (Å²) in [4.78, 5) is 81.4. The molecule has 1 aromatic carbocycles. The molecule has 1 fully saturated rings. The number of nitrogens with zero attached hydrogens (tertiary/aromatic N) is 1. The number of carbonyl (C=O) groups is 6. The van der Waals surface area contributed by atoms with Crippen molar-refractivity contribution in [2.45, 2.75) is 97.8 Å². The maximum atomic E-state index is 14.7. The van der Waals surface area contributed by atoms with Crippen molar-refractivity contribution in [3.8, 4) is 0 Å². The summed E-state index contributed by atoms with van der Waals surface area (Å²) in [5.41, 5.74) is 1.69. The first-order valence-electron chi connectivity index (χ1n) is 17.6. The molecule has 1 aliphatic carbocycles. The number of Topliss-reactive ketones (excluding diaryl/α,β-unsaturated/α-hetero) is 1. The summed E-state index contributed by atoms with van der Waals surface area (Å²) in [5.74, 6) is -2.94. The SMILES string of the molecule is C=CCNC(=O)C(=O)C(CCC)NC(=O)C1[C@@H](C(C)C)CCN1C(=O)C(NC(=O)N[C@H](COC(=O)NC)C(C)(C)C)C1Cc2ccccc2C1. The second-order valence-corrected chi connectivity index (χ2v) is 14.7. The van der Waals surface area contributed by atoms with Crippen molar-refractivity contribution in [3.05, 3.63) is 48.0 Å². The minimum Gasteiger partial charge on any atom is -0.447 e. The first-order chi connectivity index (χ1) is 23.6. The number of rotatable bonds is 15. The van der Waals surface area contributed by atoms with E-state index in [2.05, 4.69) is 33.2 Å². The lowest BCUT2D eigenvalue weighted by molar-refractivity contribution is -0.144. The minimum absolute atomic E-state index is 0.0260. The Labute approximate surface area is 296 Å². The van der Waals surface area contributed by atoms with Crippen LogP contribution in [0.25, 0.3) is 0 Å². The molecule has 1 aromatic rings. The number of hydrogen-bond acceptors (Lipinski definition) is 7. The molecule has 5 N–H and O–H groups in total. The quantitative estimate of drug-likeness (QED) is 0.138. The van der Waals surface area contributed by atoms with Gasteiger partial charge in [-0.25, -0.2) is 9.59 Å². The molecule has 2 aliphatic rings. The highest BCUT2D eigenvalue weighted by atomic mass is 16.5. The van der Waals surface area contributed by atoms with Crippen molar-refractivity contribution < 1.29 is 33.5 Å². The summed E-state index contributed by atoms with van der Waals surface area (Å²) in [6, 6.07) is 3.78. The number of ketones is 1. The van der Waals surface area contributed by atoms with E-state index in [1.807, 2.05) is 65.8 Å². The van der Waals surface area contributed by atoms with Gasteiger partial charge in [-0.1, -0.05) is 78.3 Å². The number of likely N-dealkylation sites (tertiary alicyclic amines) is 1. The summed E-state index contributed by atoms with van der Waals surface area (Å²) in [6.07, 6.45) is 3.30. The molecule has 0 spiro atoms. The number of ether oxygens (including phenoxy) is 1. The van der Waals surface area contributed by atoms with Crippen LogP contribution in [-0.4, -0.2) is 91.4 Å². The predicted molar refractivity (Wildman–Crippen MR) is 190 cm³/mol. The fourth-order valence-corrected chi connectivity index (χ4v) is 6.79. The summed E-state index contributed by atoms with van der Waals surface area (Å²) < 4.78 is 5.27. The van der Waals surface area contributed by atoms with Gasteiger partial charge in [0.15, 0.2) is 0 Å². The van der Waals surface area contributed by atoms with Crippen molar-refractivity contribution in [1.82, 2.24) is 31.5 Å². The molecule has 0 radical (unpaired) electrons. The molecule has 13 nitrogen and oxygen atoms in total. The largest absolute Gasteiger partial charge is 0.447 e. The molecule has 50 heavy (non-hydrogen) atoms. The molecule has 0 saturated carbocycles. The topological polar surface area (TPSA) is 175 Å². The van der Waals surface area contributed by atoms with E-state index in [9.17, 15) is 28.8 Å². The van der Waals surface area contributed by atoms with Crippen LogP contribution in [0.4, 0.5) is 9.59 Å². The van der Waals surface area contributed by atoms with Gasteiger partial charge in [-0.15, -0.1) is 6.58 Å². The van der Waals surface area contributed by atoms with Crippen LogP contribution in [0.2, 0.25) is 0 Å². The third kappa shape index (κ3) is 10.3. The van der Waals surface area contributed by atoms with Crippen LogP contribution in [0, 0.1) is 23.2 Å². The van der Waals surface area contributed by atoms with Gasteiger partial charge in [0, 0.05) is 20.1 Å². The molecule has 3 rings (SSSR count). The van der Waals surface area contributed by atoms with E-state index < -0.39 is 65.2 Å². The number of nitrogens with one attached hydrogen (secondary N) is 5. The van der Waals surface area contributed by atoms with Crippen LogP contribution in [0.15, 0.2) is 36.9 Å². The lowest BCUT2D eigenvalue weighted by Crippen LogP contribution is -2.61. The molecular formula is C37H56N6O7. The Bertz CT molecular complexity index is 1380. The Kier molecular flexibility index (Phi) is 14.4. The van der Waals surface area contributed by atoms with E-state index in [0.717, 1.165) is 11.1 Å². The summed E-state index contributed by atoms with van der Waals surface area (Å²) in [6.45, 7) is 15.4. The van der Waals surface area contributed by atoms with E-state index in [0.29, 0.717) is 25.7 Å². The number of urea groups is 1. The van der Waals surface area contributed by atoms with Gasteiger partial charge in [-0.2, -0.15) is 0 Å². The van der Waals surface area contributed by atoms with Crippen molar-refractivity contribution in [2.24, 2.45) is 23.2 Å². The fraction of sp³-hybridized carbons (Fsp3) is 0.622. The number of amides is 6. The highest BCUT2D eigenvalue weighted by Gasteiger charge is 2.47. The van der Waals surface area contributed by atoms with Crippen molar-refractivity contribution in [3.63, 3.8) is 0 Å². The number of hydrogen-bond donors (Lipinski definition) is 5. The fourth-order valence-electron chi connectivity index (χ4n) is 6.79. The van der Waals surface area contributed by atoms with Crippen LogP contribution in [0.5, 0.6) is 0 Å². The third-order valence-electron chi connectivity index (χ3n) is 9.74. The first-order valence-corrected chi connectivity index (χ1v) is 17.6. The van der Waals surface area contributed by atoms with Crippen LogP contribution < -0.4 is 26.6 Å². The summed E-state index contributed by atoms with van der Waals surface area (Å²) in [5, 5.41) is 13.5. The Morgan fingerprint density at radius 1 is 1.02 bits per heavy atom. The molecule has 6 amide bonds. The molecule has 1 aliphatic heterocycles. The lowest BCUT2D eigenvalue weighted by atomic mass is 9.87. The second kappa shape index (κ2) is 18.0. The van der Waals surface area contributed by atoms with Crippen LogP contribution in [0.1, 0.15) is 71.9 Å². The normalized spacial score (nSPS) is 19.1. The number of carbonyl (C=O) groups excluding carboxylic acids is 6. The molecule has 1 saturated heterocycles. The maximum absolute atomic E-state index is 14.7. The Hall–Kier alpha value is -4.42. The molecule has 1 heterocycles. The van der Waals surface area contributed by atoms with Gasteiger partial charge in [0.2, 0.25) is 17.6 Å². The van der Waals surface area contributed by atoms with Crippen LogP contribution in [0.3, 0.4) is 0 Å². The second-order valence-electron chi connectivity index (χ2n) is 14.7. The Morgan fingerprint density at radius 2 is 1.66 bits per heavy atom.